The number of carboxylic acids is 1. The molecule has 0 bridgehead atoms. The molecule has 144 valence electrons. The summed E-state index contributed by atoms with van der Waals surface area (Å²) in [6, 6.07) is 5.63. The van der Waals surface area contributed by atoms with Gasteiger partial charge in [-0.3, -0.25) is 14.4 Å². The van der Waals surface area contributed by atoms with Crippen molar-refractivity contribution in [2.45, 2.75) is 19.5 Å². The number of benzene rings is 1. The van der Waals surface area contributed by atoms with Crippen molar-refractivity contribution in [1.82, 2.24) is 19.6 Å². The van der Waals surface area contributed by atoms with Crippen LogP contribution in [0, 0.1) is 0 Å². The Labute approximate surface area is 167 Å². The molecule has 1 aliphatic heterocycles. The summed E-state index contributed by atoms with van der Waals surface area (Å²) in [6.45, 7) is 4.05. The third-order valence-electron chi connectivity index (χ3n) is 4.55. The second-order valence-corrected chi connectivity index (χ2v) is 7.27. The number of nitrogens with zero attached hydrogens (tertiary/aromatic N) is 4. The molecule has 1 N–H and O–H groups in total. The van der Waals surface area contributed by atoms with Crippen LogP contribution < -0.4 is 0 Å². The summed E-state index contributed by atoms with van der Waals surface area (Å²) >= 11 is 12.0. The normalized spacial score (nSPS) is 15.1. The van der Waals surface area contributed by atoms with Crippen molar-refractivity contribution in [1.29, 1.82) is 0 Å². The average molecular weight is 411 g/mol. The Morgan fingerprint density at radius 1 is 1.11 bits per heavy atom. The van der Waals surface area contributed by atoms with Crippen LogP contribution in [0.15, 0.2) is 30.6 Å². The minimum absolute atomic E-state index is 0.0524. The first-order valence-electron chi connectivity index (χ1n) is 8.62. The van der Waals surface area contributed by atoms with Gasteiger partial charge in [-0.05, 0) is 17.7 Å². The number of halogens is 2. The summed E-state index contributed by atoms with van der Waals surface area (Å²) in [5, 5.41) is 13.9. The van der Waals surface area contributed by atoms with Gasteiger partial charge in [-0.15, -0.1) is 0 Å². The van der Waals surface area contributed by atoms with E-state index >= 15 is 0 Å². The minimum atomic E-state index is -1.02. The van der Waals surface area contributed by atoms with Crippen LogP contribution in [0.3, 0.4) is 0 Å². The van der Waals surface area contributed by atoms with Crippen molar-refractivity contribution in [3.8, 4) is 0 Å². The zero-order valence-electron chi connectivity index (χ0n) is 14.6. The van der Waals surface area contributed by atoms with Gasteiger partial charge >= 0.3 is 5.97 Å². The molecule has 0 aliphatic carbocycles. The van der Waals surface area contributed by atoms with E-state index in [2.05, 4.69) is 10.00 Å². The predicted molar refractivity (Wildman–Crippen MR) is 102 cm³/mol. The van der Waals surface area contributed by atoms with Gasteiger partial charge in [0.1, 0.15) is 0 Å². The molecule has 1 fully saturated rings. The number of carbonyl (C=O) groups excluding carboxylic acids is 1. The summed E-state index contributed by atoms with van der Waals surface area (Å²) in [4.78, 5) is 27.3. The van der Waals surface area contributed by atoms with Gasteiger partial charge in [0.05, 0.1) is 21.8 Å². The fraction of sp³-hybridized carbons (Fsp3) is 0.389. The SMILES string of the molecule is O=C(O)c1cnn(CCC(=O)N2CCN(Cc3ccc(Cl)c(Cl)c3)CC2)c1. The number of carbonyl (C=O) groups is 2. The van der Waals surface area contributed by atoms with E-state index in [1.54, 1.807) is 6.07 Å². The Morgan fingerprint density at radius 2 is 1.85 bits per heavy atom. The third-order valence-corrected chi connectivity index (χ3v) is 5.29. The highest BCUT2D eigenvalue weighted by atomic mass is 35.5. The third kappa shape index (κ3) is 5.22. The van der Waals surface area contributed by atoms with E-state index in [1.807, 2.05) is 17.0 Å². The number of aromatic carboxylic acids is 1. The van der Waals surface area contributed by atoms with Gasteiger partial charge in [0.25, 0.3) is 0 Å². The first-order valence-corrected chi connectivity index (χ1v) is 9.38. The zero-order chi connectivity index (χ0) is 19.4. The van der Waals surface area contributed by atoms with E-state index in [4.69, 9.17) is 28.3 Å². The first kappa shape index (κ1) is 19.7. The van der Waals surface area contributed by atoms with E-state index in [0.29, 0.717) is 36.1 Å². The summed E-state index contributed by atoms with van der Waals surface area (Å²) in [7, 11) is 0. The lowest BCUT2D eigenvalue weighted by Crippen LogP contribution is -2.48. The Bertz CT molecular complexity index is 832. The van der Waals surface area contributed by atoms with Crippen LogP contribution in [0.5, 0.6) is 0 Å². The lowest BCUT2D eigenvalue weighted by molar-refractivity contribution is -0.133. The topological polar surface area (TPSA) is 78.7 Å². The van der Waals surface area contributed by atoms with E-state index in [1.165, 1.54) is 17.1 Å². The number of piperazine rings is 1. The van der Waals surface area contributed by atoms with Crippen LogP contribution in [0.4, 0.5) is 0 Å². The molecular weight excluding hydrogens is 391 g/mol. The molecular formula is C18H20Cl2N4O3. The van der Waals surface area contributed by atoms with Crippen LogP contribution in [0.1, 0.15) is 22.3 Å². The van der Waals surface area contributed by atoms with Gasteiger partial charge in [0, 0.05) is 51.9 Å². The van der Waals surface area contributed by atoms with Crippen molar-refractivity contribution < 1.29 is 14.7 Å². The lowest BCUT2D eigenvalue weighted by atomic mass is 10.2. The number of aryl methyl sites for hydroxylation is 1. The standard InChI is InChI=1S/C18H20Cl2N4O3/c19-15-2-1-13(9-16(15)20)11-22-5-7-23(8-6-22)17(25)3-4-24-12-14(10-21-24)18(26)27/h1-2,9-10,12H,3-8,11H2,(H,26,27). The van der Waals surface area contributed by atoms with E-state index in [9.17, 15) is 9.59 Å². The van der Waals surface area contributed by atoms with Gasteiger partial charge in [-0.1, -0.05) is 29.3 Å². The summed E-state index contributed by atoms with van der Waals surface area (Å²) in [5.74, 6) is -0.970. The maximum absolute atomic E-state index is 12.4. The second kappa shape index (κ2) is 8.73. The van der Waals surface area contributed by atoms with Gasteiger partial charge in [-0.25, -0.2) is 4.79 Å². The largest absolute Gasteiger partial charge is 0.478 e. The maximum atomic E-state index is 12.4. The van der Waals surface area contributed by atoms with Crippen molar-refractivity contribution >= 4 is 35.1 Å². The molecule has 27 heavy (non-hydrogen) atoms. The van der Waals surface area contributed by atoms with Crippen molar-refractivity contribution in [3.63, 3.8) is 0 Å². The molecule has 0 spiro atoms. The molecule has 1 aromatic carbocycles. The van der Waals surface area contributed by atoms with Gasteiger partial charge in [0.2, 0.25) is 5.91 Å². The number of amides is 1. The van der Waals surface area contributed by atoms with Gasteiger partial charge in [-0.2, -0.15) is 5.10 Å². The molecule has 7 nitrogen and oxygen atoms in total. The van der Waals surface area contributed by atoms with Crippen molar-refractivity contribution in [3.05, 3.63) is 51.8 Å². The number of hydrogen-bond donors (Lipinski definition) is 1. The highest BCUT2D eigenvalue weighted by Crippen LogP contribution is 2.23. The molecule has 2 heterocycles. The summed E-state index contributed by atoms with van der Waals surface area (Å²) < 4.78 is 1.49. The highest BCUT2D eigenvalue weighted by Gasteiger charge is 2.21. The van der Waals surface area contributed by atoms with Crippen LogP contribution in [0.2, 0.25) is 10.0 Å². The minimum Gasteiger partial charge on any atom is -0.478 e. The fourth-order valence-corrected chi connectivity index (χ4v) is 3.34. The molecule has 9 heteroatoms. The molecule has 0 radical (unpaired) electrons. The summed E-state index contributed by atoms with van der Waals surface area (Å²) in [6.07, 6.45) is 3.02. The highest BCUT2D eigenvalue weighted by molar-refractivity contribution is 6.42. The molecule has 3 rings (SSSR count). The van der Waals surface area contributed by atoms with Gasteiger partial charge in [0.15, 0.2) is 0 Å². The van der Waals surface area contributed by atoms with Gasteiger partial charge < -0.3 is 10.0 Å². The van der Waals surface area contributed by atoms with Crippen molar-refractivity contribution in [2.75, 3.05) is 26.2 Å². The Hall–Kier alpha value is -2.09. The Kier molecular flexibility index (Phi) is 6.36. The van der Waals surface area contributed by atoms with Crippen molar-refractivity contribution in [2.24, 2.45) is 0 Å². The second-order valence-electron chi connectivity index (χ2n) is 6.45. The first-order chi connectivity index (χ1) is 12.9. The van der Waals surface area contributed by atoms with Crippen LogP contribution in [-0.2, 0) is 17.9 Å². The van der Waals surface area contributed by atoms with Crippen LogP contribution in [0.25, 0.3) is 0 Å². The van der Waals surface area contributed by atoms with E-state index in [-0.39, 0.29) is 11.5 Å². The Balaban J connectivity index is 1.44. The molecule has 0 saturated carbocycles. The quantitative estimate of drug-likeness (QED) is 0.791. The lowest BCUT2D eigenvalue weighted by Gasteiger charge is -2.34. The molecule has 1 aliphatic rings. The number of aromatic nitrogens is 2. The molecule has 1 saturated heterocycles. The predicted octanol–water partition coefficient (Wildman–Crippen LogP) is 2.62. The molecule has 1 aromatic heterocycles. The molecule has 0 unspecified atom stereocenters. The van der Waals surface area contributed by atoms with E-state index < -0.39 is 5.97 Å². The Morgan fingerprint density at radius 3 is 2.48 bits per heavy atom. The average Bonchev–Trinajstić information content (AvgIpc) is 3.13. The van der Waals surface area contributed by atoms with Crippen LogP contribution in [-0.4, -0.2) is 62.7 Å². The zero-order valence-corrected chi connectivity index (χ0v) is 16.2. The van der Waals surface area contributed by atoms with E-state index in [0.717, 1.165) is 25.2 Å². The molecule has 1 amide bonds. The maximum Gasteiger partial charge on any atom is 0.338 e. The number of carboxylic acid groups (broad SMARTS) is 1. The number of hydrogen-bond acceptors (Lipinski definition) is 4. The smallest absolute Gasteiger partial charge is 0.338 e. The number of rotatable bonds is 6. The van der Waals surface area contributed by atoms with Crippen LogP contribution >= 0.6 is 23.2 Å². The fourth-order valence-electron chi connectivity index (χ4n) is 3.02. The molecule has 2 aromatic rings. The monoisotopic (exact) mass is 410 g/mol. The molecule has 0 atom stereocenters. The summed E-state index contributed by atoms with van der Waals surface area (Å²) in [5.41, 5.74) is 1.22.